The van der Waals surface area contributed by atoms with Crippen LogP contribution in [0.3, 0.4) is 0 Å². The van der Waals surface area contributed by atoms with Gasteiger partial charge >= 0.3 is 18.4 Å². The maximum atomic E-state index is 12.2. The van der Waals surface area contributed by atoms with Gasteiger partial charge in [-0.1, -0.05) is 0 Å². The second-order valence-corrected chi connectivity index (χ2v) is 4.39. The second-order valence-electron chi connectivity index (χ2n) is 4.39. The molecule has 1 amide bonds. The molecule has 9 heteroatoms. The van der Waals surface area contributed by atoms with Gasteiger partial charge in [0, 0.05) is 12.6 Å². The van der Waals surface area contributed by atoms with Crippen LogP contribution in [-0.4, -0.2) is 42.0 Å². The first-order valence-corrected chi connectivity index (χ1v) is 5.64. The van der Waals surface area contributed by atoms with E-state index in [1.165, 1.54) is 0 Å². The molecule has 0 bridgehead atoms. The van der Waals surface area contributed by atoms with Crippen molar-refractivity contribution in [3.8, 4) is 0 Å². The Morgan fingerprint density at radius 2 is 1.68 bits per heavy atom. The van der Waals surface area contributed by atoms with E-state index < -0.39 is 30.6 Å². The van der Waals surface area contributed by atoms with Crippen molar-refractivity contribution in [2.45, 2.75) is 50.7 Å². The van der Waals surface area contributed by atoms with Crippen LogP contribution in [0.2, 0.25) is 0 Å². The molecule has 0 radical (unpaired) electrons. The molecular weight excluding hydrogens is 280 g/mol. The number of halogens is 6. The second kappa shape index (κ2) is 5.46. The number of piperidine rings is 1. The van der Waals surface area contributed by atoms with E-state index in [0.29, 0.717) is 12.8 Å². The van der Waals surface area contributed by atoms with E-state index in [-0.39, 0.29) is 6.54 Å². The molecule has 1 aliphatic rings. The summed E-state index contributed by atoms with van der Waals surface area (Å²) < 4.78 is 77.0. The Hall–Kier alpha value is -1.15. The van der Waals surface area contributed by atoms with Crippen molar-refractivity contribution in [3.63, 3.8) is 0 Å². The van der Waals surface area contributed by atoms with Crippen LogP contribution in [0, 0.1) is 0 Å². The molecule has 0 aromatic carbocycles. The number of rotatable bonds is 1. The highest BCUT2D eigenvalue weighted by atomic mass is 19.4. The zero-order chi connectivity index (χ0) is 14.8. The summed E-state index contributed by atoms with van der Waals surface area (Å²) in [6.07, 6.45) is -15.2. The third-order valence-electron chi connectivity index (χ3n) is 2.85. The molecule has 0 spiro atoms. The smallest absolute Gasteiger partial charge is 0.426 e. The minimum Gasteiger partial charge on any atom is -0.426 e. The zero-order valence-electron chi connectivity index (χ0n) is 10.0. The van der Waals surface area contributed by atoms with Crippen molar-refractivity contribution < 1.29 is 35.9 Å². The highest BCUT2D eigenvalue weighted by molar-refractivity contribution is 5.68. The van der Waals surface area contributed by atoms with E-state index in [1.54, 1.807) is 6.92 Å². The van der Waals surface area contributed by atoms with Crippen LogP contribution in [0.15, 0.2) is 0 Å². The summed E-state index contributed by atoms with van der Waals surface area (Å²) in [4.78, 5) is 12.3. The van der Waals surface area contributed by atoms with E-state index in [1.807, 2.05) is 0 Å². The van der Waals surface area contributed by atoms with Crippen LogP contribution in [0.25, 0.3) is 0 Å². The fourth-order valence-electron chi connectivity index (χ4n) is 1.86. The largest absolute Gasteiger partial charge is 0.434 e. The number of alkyl halides is 6. The Balaban J connectivity index is 2.77. The SMILES string of the molecule is CC1CCCCN1C(=O)OC(C(F)(F)F)C(F)(F)F. The number of likely N-dealkylation sites (tertiary alicyclic amines) is 1. The minimum atomic E-state index is -5.67. The van der Waals surface area contributed by atoms with E-state index in [9.17, 15) is 31.1 Å². The van der Waals surface area contributed by atoms with Gasteiger partial charge in [0.1, 0.15) is 0 Å². The summed E-state index contributed by atoms with van der Waals surface area (Å²) in [5.74, 6) is 0. The number of ether oxygens (including phenoxy) is 1. The molecule has 112 valence electrons. The fourth-order valence-corrected chi connectivity index (χ4v) is 1.86. The molecule has 19 heavy (non-hydrogen) atoms. The summed E-state index contributed by atoms with van der Waals surface area (Å²) in [5, 5.41) is 0. The molecule has 0 aromatic heterocycles. The highest BCUT2D eigenvalue weighted by Gasteiger charge is 2.60. The van der Waals surface area contributed by atoms with Crippen molar-refractivity contribution in [3.05, 3.63) is 0 Å². The van der Waals surface area contributed by atoms with Gasteiger partial charge < -0.3 is 9.64 Å². The summed E-state index contributed by atoms with van der Waals surface area (Å²) in [5.41, 5.74) is 0. The predicted octanol–water partition coefficient (Wildman–Crippen LogP) is 3.49. The Morgan fingerprint density at radius 3 is 2.11 bits per heavy atom. The van der Waals surface area contributed by atoms with E-state index in [0.717, 1.165) is 11.3 Å². The van der Waals surface area contributed by atoms with Gasteiger partial charge in [0.05, 0.1) is 0 Å². The van der Waals surface area contributed by atoms with Crippen molar-refractivity contribution in [1.82, 2.24) is 4.90 Å². The van der Waals surface area contributed by atoms with E-state index >= 15 is 0 Å². The lowest BCUT2D eigenvalue weighted by Gasteiger charge is -2.34. The van der Waals surface area contributed by atoms with Gasteiger partial charge in [-0.25, -0.2) is 4.79 Å². The molecule has 1 atom stereocenters. The molecule has 1 fully saturated rings. The predicted molar refractivity (Wildman–Crippen MR) is 52.4 cm³/mol. The molecule has 0 aliphatic carbocycles. The number of hydrogen-bond acceptors (Lipinski definition) is 2. The first-order valence-electron chi connectivity index (χ1n) is 5.64. The average molecular weight is 293 g/mol. The van der Waals surface area contributed by atoms with Gasteiger partial charge in [0.2, 0.25) is 0 Å². The third kappa shape index (κ3) is 4.17. The molecule has 1 rings (SSSR count). The van der Waals surface area contributed by atoms with Crippen LogP contribution < -0.4 is 0 Å². The van der Waals surface area contributed by atoms with Crippen LogP contribution in [-0.2, 0) is 4.74 Å². The molecule has 0 N–H and O–H groups in total. The topological polar surface area (TPSA) is 29.5 Å². The molecule has 3 nitrogen and oxygen atoms in total. The van der Waals surface area contributed by atoms with Crippen molar-refractivity contribution in [1.29, 1.82) is 0 Å². The van der Waals surface area contributed by atoms with E-state index in [4.69, 9.17) is 0 Å². The average Bonchev–Trinajstić information content (AvgIpc) is 2.23. The first-order chi connectivity index (χ1) is 8.53. The lowest BCUT2D eigenvalue weighted by Crippen LogP contribution is -2.50. The van der Waals surface area contributed by atoms with Crippen molar-refractivity contribution in [2.75, 3.05) is 6.54 Å². The van der Waals surface area contributed by atoms with Gasteiger partial charge in [-0.05, 0) is 26.2 Å². The van der Waals surface area contributed by atoms with Crippen molar-refractivity contribution >= 4 is 6.09 Å². The fraction of sp³-hybridized carbons (Fsp3) is 0.900. The van der Waals surface area contributed by atoms with Crippen LogP contribution in [0.4, 0.5) is 31.1 Å². The number of nitrogens with zero attached hydrogens (tertiary/aromatic N) is 1. The number of hydrogen-bond donors (Lipinski definition) is 0. The lowest BCUT2D eigenvalue weighted by atomic mass is 10.0. The maximum Gasteiger partial charge on any atom is 0.434 e. The van der Waals surface area contributed by atoms with Gasteiger partial charge in [-0.2, -0.15) is 26.3 Å². The summed E-state index contributed by atoms with van der Waals surface area (Å²) >= 11 is 0. The maximum absolute atomic E-state index is 12.2. The highest BCUT2D eigenvalue weighted by Crippen LogP contribution is 2.36. The summed E-state index contributed by atoms with van der Waals surface area (Å²) in [6, 6.07) is -0.427. The zero-order valence-corrected chi connectivity index (χ0v) is 10.0. The van der Waals surface area contributed by atoms with E-state index in [2.05, 4.69) is 4.74 Å². The quantitative estimate of drug-likeness (QED) is 0.693. The third-order valence-corrected chi connectivity index (χ3v) is 2.85. The standard InChI is InChI=1S/C10H13F6NO2/c1-6-4-2-3-5-17(6)8(18)19-7(9(11,12)13)10(14,15)16/h6-7H,2-5H2,1H3. The van der Waals surface area contributed by atoms with Gasteiger partial charge in [0.15, 0.2) is 0 Å². The normalized spacial score (nSPS) is 21.7. The number of carbonyl (C=O) groups is 1. The van der Waals surface area contributed by atoms with Crippen LogP contribution >= 0.6 is 0 Å². The van der Waals surface area contributed by atoms with Gasteiger partial charge in [-0.3, -0.25) is 0 Å². The van der Waals surface area contributed by atoms with Gasteiger partial charge in [0.25, 0.3) is 6.10 Å². The minimum absolute atomic E-state index is 0.0996. The molecule has 1 saturated heterocycles. The Morgan fingerprint density at radius 1 is 1.16 bits per heavy atom. The van der Waals surface area contributed by atoms with Crippen molar-refractivity contribution in [2.24, 2.45) is 0 Å². The molecule has 1 heterocycles. The van der Waals surface area contributed by atoms with Crippen LogP contribution in [0.5, 0.6) is 0 Å². The number of carbonyl (C=O) groups excluding carboxylic acids is 1. The first kappa shape index (κ1) is 15.9. The Labute approximate surface area is 105 Å². The Bertz CT molecular complexity index is 313. The molecular formula is C10H13F6NO2. The van der Waals surface area contributed by atoms with Crippen LogP contribution in [0.1, 0.15) is 26.2 Å². The molecule has 0 saturated carbocycles. The van der Waals surface area contributed by atoms with Gasteiger partial charge in [-0.15, -0.1) is 0 Å². The molecule has 1 aliphatic heterocycles. The molecule has 1 unspecified atom stereocenters. The molecule has 0 aromatic rings. The monoisotopic (exact) mass is 293 g/mol. The summed E-state index contributed by atoms with van der Waals surface area (Å²) in [7, 11) is 0. The Kier molecular flexibility index (Phi) is 4.57. The number of amides is 1. The summed E-state index contributed by atoms with van der Waals surface area (Å²) in [6.45, 7) is 1.65. The lowest BCUT2D eigenvalue weighted by molar-refractivity contribution is -0.308.